The summed E-state index contributed by atoms with van der Waals surface area (Å²) < 4.78 is 13.9. The van der Waals surface area contributed by atoms with Crippen molar-refractivity contribution in [3.63, 3.8) is 0 Å². The van der Waals surface area contributed by atoms with Crippen molar-refractivity contribution in [2.45, 2.75) is 70.7 Å². The van der Waals surface area contributed by atoms with Crippen LogP contribution in [0.2, 0.25) is 0 Å². The summed E-state index contributed by atoms with van der Waals surface area (Å²) in [6.45, 7) is 8.31. The van der Waals surface area contributed by atoms with Gasteiger partial charge in [0.05, 0.1) is 17.8 Å². The van der Waals surface area contributed by atoms with E-state index in [0.29, 0.717) is 11.5 Å². The number of carbonyl (C=O) groups is 1. The van der Waals surface area contributed by atoms with Crippen LogP contribution >= 0.6 is 0 Å². The van der Waals surface area contributed by atoms with Gasteiger partial charge in [0.15, 0.2) is 11.5 Å². The third-order valence-corrected chi connectivity index (χ3v) is 5.24. The molecular weight excluding hydrogens is 342 g/mol. The normalized spacial score (nSPS) is 24.2. The smallest absolute Gasteiger partial charge is 0.265 e. The number of nitrogens with zero attached hydrogens (tertiary/aromatic N) is 2. The molecule has 6 heteroatoms. The van der Waals surface area contributed by atoms with Gasteiger partial charge in [0, 0.05) is 11.3 Å². The van der Waals surface area contributed by atoms with Gasteiger partial charge in [-0.25, -0.2) is 0 Å². The Kier molecular flexibility index (Phi) is 4.36. The molecule has 0 spiro atoms. The first-order valence-corrected chi connectivity index (χ1v) is 9.64. The van der Waals surface area contributed by atoms with Crippen molar-refractivity contribution in [1.82, 2.24) is 15.1 Å². The largest absolute Gasteiger partial charge is 0.482 e. The van der Waals surface area contributed by atoms with Crippen LogP contribution in [0.3, 0.4) is 0 Å². The Balaban J connectivity index is 1.53. The van der Waals surface area contributed by atoms with Crippen molar-refractivity contribution in [3.05, 3.63) is 41.7 Å². The molecule has 2 aromatic rings. The Morgan fingerprint density at radius 2 is 1.93 bits per heavy atom. The highest BCUT2D eigenvalue weighted by atomic mass is 16.6. The van der Waals surface area contributed by atoms with Crippen LogP contribution in [0.4, 0.5) is 0 Å². The Morgan fingerprint density at radius 3 is 2.63 bits per heavy atom. The fourth-order valence-corrected chi connectivity index (χ4v) is 3.95. The minimum atomic E-state index is -0.664. The average molecular weight is 369 g/mol. The summed E-state index contributed by atoms with van der Waals surface area (Å²) in [7, 11) is 0. The van der Waals surface area contributed by atoms with Crippen molar-refractivity contribution in [1.29, 1.82) is 0 Å². The molecule has 0 saturated heterocycles. The lowest BCUT2D eigenvalue weighted by molar-refractivity contribution is -0.134. The average Bonchev–Trinajstić information content (AvgIpc) is 3.06. The summed E-state index contributed by atoms with van der Waals surface area (Å²) >= 11 is 0. The van der Waals surface area contributed by atoms with Gasteiger partial charge in [-0.15, -0.1) is 0 Å². The molecular formula is C21H27N3O3. The van der Waals surface area contributed by atoms with Crippen molar-refractivity contribution in [3.8, 4) is 11.5 Å². The SMILES string of the molecule is C[C@@H]1Oc2ccccc2O[C@H]1C(=O)N[C@H]1CCCc2c1cnn2C(C)(C)C. The predicted molar refractivity (Wildman–Crippen MR) is 102 cm³/mol. The van der Waals surface area contributed by atoms with Gasteiger partial charge >= 0.3 is 0 Å². The summed E-state index contributed by atoms with van der Waals surface area (Å²) in [5, 5.41) is 7.77. The van der Waals surface area contributed by atoms with Crippen molar-refractivity contribution in [2.24, 2.45) is 0 Å². The van der Waals surface area contributed by atoms with Crippen LogP contribution < -0.4 is 14.8 Å². The maximum atomic E-state index is 13.0. The highest BCUT2D eigenvalue weighted by Gasteiger charge is 2.36. The van der Waals surface area contributed by atoms with E-state index in [9.17, 15) is 4.79 Å². The van der Waals surface area contributed by atoms with E-state index in [0.717, 1.165) is 24.8 Å². The number of carbonyl (C=O) groups excluding carboxylic acids is 1. The Bertz CT molecular complexity index is 853. The fourth-order valence-electron chi connectivity index (χ4n) is 3.95. The van der Waals surface area contributed by atoms with Gasteiger partial charge < -0.3 is 14.8 Å². The molecule has 2 aliphatic rings. The first-order chi connectivity index (χ1) is 12.8. The summed E-state index contributed by atoms with van der Waals surface area (Å²) in [5.41, 5.74) is 2.27. The first-order valence-electron chi connectivity index (χ1n) is 9.64. The lowest BCUT2D eigenvalue weighted by atomic mass is 9.92. The molecule has 144 valence electrons. The lowest BCUT2D eigenvalue weighted by Crippen LogP contribution is -2.50. The zero-order valence-corrected chi connectivity index (χ0v) is 16.4. The van der Waals surface area contributed by atoms with Gasteiger partial charge in [-0.05, 0) is 59.1 Å². The standard InChI is InChI=1S/C21H27N3O3/c1-13-19(27-18-11-6-5-10-17(18)26-13)20(25)23-15-8-7-9-16-14(15)12-22-24(16)21(2,3)4/h5-6,10-13,15,19H,7-9H2,1-4H3,(H,23,25)/t13-,15-,19+/m0/s1. The summed E-state index contributed by atoms with van der Waals surface area (Å²) in [4.78, 5) is 13.0. The number of hydrogen-bond acceptors (Lipinski definition) is 4. The number of ether oxygens (including phenoxy) is 2. The van der Waals surface area contributed by atoms with E-state index in [1.807, 2.05) is 37.4 Å². The van der Waals surface area contributed by atoms with Gasteiger partial charge in [0.25, 0.3) is 5.91 Å². The number of benzene rings is 1. The number of fused-ring (bicyclic) bond motifs is 2. The number of aromatic nitrogens is 2. The molecule has 1 aromatic carbocycles. The van der Waals surface area contributed by atoms with E-state index in [2.05, 4.69) is 35.9 Å². The molecule has 1 aliphatic carbocycles. The van der Waals surface area contributed by atoms with E-state index < -0.39 is 6.10 Å². The third-order valence-electron chi connectivity index (χ3n) is 5.24. The molecule has 0 fully saturated rings. The number of para-hydroxylation sites is 2. The van der Waals surface area contributed by atoms with Crippen LogP contribution in [0, 0.1) is 0 Å². The predicted octanol–water partition coefficient (Wildman–Crippen LogP) is 3.36. The fraction of sp³-hybridized carbons (Fsp3) is 0.524. The van der Waals surface area contributed by atoms with Crippen LogP contribution in [0.5, 0.6) is 11.5 Å². The Hall–Kier alpha value is -2.50. The minimum absolute atomic E-state index is 0.0367. The molecule has 3 atom stereocenters. The van der Waals surface area contributed by atoms with Crippen molar-refractivity contribution < 1.29 is 14.3 Å². The van der Waals surface area contributed by atoms with Gasteiger partial charge in [-0.3, -0.25) is 9.48 Å². The van der Waals surface area contributed by atoms with E-state index in [1.54, 1.807) is 0 Å². The monoisotopic (exact) mass is 369 g/mol. The Labute approximate surface area is 159 Å². The van der Waals surface area contributed by atoms with Gasteiger partial charge in [-0.2, -0.15) is 5.10 Å². The van der Waals surface area contributed by atoms with E-state index in [4.69, 9.17) is 9.47 Å². The van der Waals surface area contributed by atoms with Gasteiger partial charge in [0.1, 0.15) is 6.10 Å². The number of hydrogen-bond donors (Lipinski definition) is 1. The van der Waals surface area contributed by atoms with Crippen LogP contribution in [0.1, 0.15) is 57.8 Å². The molecule has 2 heterocycles. The lowest BCUT2D eigenvalue weighted by Gasteiger charge is -2.33. The molecule has 6 nitrogen and oxygen atoms in total. The van der Waals surface area contributed by atoms with E-state index >= 15 is 0 Å². The maximum Gasteiger partial charge on any atom is 0.265 e. The molecule has 0 radical (unpaired) electrons. The van der Waals surface area contributed by atoms with Gasteiger partial charge in [-0.1, -0.05) is 12.1 Å². The zero-order valence-electron chi connectivity index (χ0n) is 16.4. The second-order valence-electron chi connectivity index (χ2n) is 8.39. The minimum Gasteiger partial charge on any atom is -0.482 e. The highest BCUT2D eigenvalue weighted by molar-refractivity contribution is 5.82. The zero-order chi connectivity index (χ0) is 19.2. The molecule has 0 saturated carbocycles. The van der Waals surface area contributed by atoms with E-state index in [1.165, 1.54) is 5.69 Å². The molecule has 1 aromatic heterocycles. The molecule has 1 amide bonds. The molecule has 1 aliphatic heterocycles. The summed E-state index contributed by atoms with van der Waals surface area (Å²) in [6, 6.07) is 7.42. The number of nitrogens with one attached hydrogen (secondary N) is 1. The molecule has 1 N–H and O–H groups in total. The van der Waals surface area contributed by atoms with Crippen LogP contribution in [0.25, 0.3) is 0 Å². The molecule has 4 rings (SSSR count). The molecule has 0 bridgehead atoms. The van der Waals surface area contributed by atoms with E-state index in [-0.39, 0.29) is 23.6 Å². The number of rotatable bonds is 2. The highest BCUT2D eigenvalue weighted by Crippen LogP contribution is 2.35. The maximum absolute atomic E-state index is 13.0. The Morgan fingerprint density at radius 1 is 1.22 bits per heavy atom. The topological polar surface area (TPSA) is 65.4 Å². The second kappa shape index (κ2) is 6.59. The molecule has 27 heavy (non-hydrogen) atoms. The first kappa shape index (κ1) is 17.9. The van der Waals surface area contributed by atoms with Crippen LogP contribution in [-0.4, -0.2) is 27.9 Å². The van der Waals surface area contributed by atoms with Gasteiger partial charge in [0.2, 0.25) is 6.10 Å². The van der Waals surface area contributed by atoms with Crippen molar-refractivity contribution in [2.75, 3.05) is 0 Å². The summed E-state index contributed by atoms with van der Waals surface area (Å²) in [5.74, 6) is 1.15. The quantitative estimate of drug-likeness (QED) is 0.882. The summed E-state index contributed by atoms with van der Waals surface area (Å²) in [6.07, 6.45) is 3.82. The third kappa shape index (κ3) is 3.29. The molecule has 0 unspecified atom stereocenters. The van der Waals surface area contributed by atoms with Crippen LogP contribution in [0.15, 0.2) is 30.5 Å². The van der Waals surface area contributed by atoms with Crippen molar-refractivity contribution >= 4 is 5.91 Å². The number of amides is 1. The second-order valence-corrected chi connectivity index (χ2v) is 8.39. The van der Waals surface area contributed by atoms with Crippen LogP contribution in [-0.2, 0) is 16.8 Å².